The van der Waals surface area contributed by atoms with Crippen LogP contribution in [0.2, 0.25) is 0 Å². The van der Waals surface area contributed by atoms with Crippen LogP contribution in [0, 0.1) is 0 Å². The van der Waals surface area contributed by atoms with Crippen LogP contribution in [0.4, 0.5) is 0 Å². The van der Waals surface area contributed by atoms with Crippen molar-refractivity contribution in [2.24, 2.45) is 0 Å². The van der Waals surface area contributed by atoms with Crippen molar-refractivity contribution in [1.82, 2.24) is 9.97 Å². The summed E-state index contributed by atoms with van der Waals surface area (Å²) in [7, 11) is 1.54. The van der Waals surface area contributed by atoms with E-state index in [1.54, 1.807) is 56.5 Å². The first-order valence-corrected chi connectivity index (χ1v) is 8.32. The Kier molecular flexibility index (Phi) is 4.85. The Labute approximate surface area is 151 Å². The largest absolute Gasteiger partial charge is 0.496 e. The van der Waals surface area contributed by atoms with Gasteiger partial charge in [0, 0.05) is 0 Å². The molecule has 1 N–H and O–H groups in total. The van der Waals surface area contributed by atoms with Crippen molar-refractivity contribution in [3.05, 3.63) is 68.7 Å². The van der Waals surface area contributed by atoms with Gasteiger partial charge in [-0.1, -0.05) is 12.1 Å². The molecule has 0 saturated heterocycles. The molecule has 25 heavy (non-hydrogen) atoms. The zero-order chi connectivity index (χ0) is 18.0. The molecular formula is C18H15BrN2O4. The van der Waals surface area contributed by atoms with Crippen LogP contribution >= 0.6 is 15.9 Å². The van der Waals surface area contributed by atoms with Gasteiger partial charge < -0.3 is 14.5 Å². The number of para-hydroxylation sites is 1. The third kappa shape index (κ3) is 3.56. The molecule has 3 aromatic rings. The number of carbonyl (C=O) groups is 1. The van der Waals surface area contributed by atoms with Crippen molar-refractivity contribution in [2.75, 3.05) is 7.11 Å². The lowest BCUT2D eigenvalue weighted by Crippen LogP contribution is -2.17. The molecule has 0 fully saturated rings. The van der Waals surface area contributed by atoms with E-state index in [9.17, 15) is 9.59 Å². The number of fused-ring (bicyclic) bond motifs is 1. The maximum absolute atomic E-state index is 12.3. The number of hydrogen-bond acceptors (Lipinski definition) is 5. The Hall–Kier alpha value is -2.67. The number of aromatic amines is 1. The van der Waals surface area contributed by atoms with E-state index >= 15 is 0 Å². The van der Waals surface area contributed by atoms with Crippen molar-refractivity contribution in [1.29, 1.82) is 0 Å². The number of esters is 1. The van der Waals surface area contributed by atoms with Gasteiger partial charge in [-0.2, -0.15) is 0 Å². The van der Waals surface area contributed by atoms with E-state index in [4.69, 9.17) is 9.47 Å². The van der Waals surface area contributed by atoms with Gasteiger partial charge in [0.15, 0.2) is 11.9 Å². The Balaban J connectivity index is 1.84. The highest BCUT2D eigenvalue weighted by Crippen LogP contribution is 2.26. The summed E-state index contributed by atoms with van der Waals surface area (Å²) in [5, 5.41) is 0.490. The Morgan fingerprint density at radius 2 is 2.00 bits per heavy atom. The second kappa shape index (κ2) is 7.06. The van der Waals surface area contributed by atoms with Crippen LogP contribution < -0.4 is 10.3 Å². The van der Waals surface area contributed by atoms with Crippen LogP contribution in [-0.4, -0.2) is 23.0 Å². The average Bonchev–Trinajstić information content (AvgIpc) is 2.61. The number of halogens is 1. The first-order chi connectivity index (χ1) is 12.0. The Bertz CT molecular complexity index is 1000. The lowest BCUT2D eigenvalue weighted by atomic mass is 10.2. The molecule has 0 aliphatic rings. The van der Waals surface area contributed by atoms with E-state index < -0.39 is 12.1 Å². The van der Waals surface area contributed by atoms with Gasteiger partial charge in [0.2, 0.25) is 0 Å². The molecule has 7 heteroatoms. The van der Waals surface area contributed by atoms with Gasteiger partial charge in [0.1, 0.15) is 5.75 Å². The van der Waals surface area contributed by atoms with Crippen molar-refractivity contribution in [2.45, 2.75) is 13.0 Å². The number of nitrogens with zero attached hydrogens (tertiary/aromatic N) is 1. The molecule has 128 valence electrons. The van der Waals surface area contributed by atoms with Crippen LogP contribution in [0.5, 0.6) is 5.75 Å². The van der Waals surface area contributed by atoms with Gasteiger partial charge in [0.05, 0.1) is 28.0 Å². The van der Waals surface area contributed by atoms with Crippen molar-refractivity contribution in [3.63, 3.8) is 0 Å². The second-order valence-corrected chi connectivity index (χ2v) is 6.22. The van der Waals surface area contributed by atoms with E-state index in [1.807, 2.05) is 0 Å². The van der Waals surface area contributed by atoms with Crippen molar-refractivity contribution < 1.29 is 14.3 Å². The van der Waals surface area contributed by atoms with Gasteiger partial charge in [-0.25, -0.2) is 9.78 Å². The topological polar surface area (TPSA) is 81.3 Å². The molecular weight excluding hydrogens is 388 g/mol. The number of benzene rings is 2. The predicted molar refractivity (Wildman–Crippen MR) is 96.9 cm³/mol. The molecule has 0 unspecified atom stereocenters. The normalized spacial score (nSPS) is 12.0. The first kappa shape index (κ1) is 17.2. The fraction of sp³-hybridized carbons (Fsp3) is 0.167. The Morgan fingerprint density at radius 3 is 2.72 bits per heavy atom. The molecule has 0 aliphatic heterocycles. The second-order valence-electron chi connectivity index (χ2n) is 5.37. The number of methoxy groups -OCH3 is 1. The molecule has 1 aromatic heterocycles. The summed E-state index contributed by atoms with van der Waals surface area (Å²) in [6.07, 6.45) is -0.703. The number of hydrogen-bond donors (Lipinski definition) is 1. The minimum Gasteiger partial charge on any atom is -0.496 e. The zero-order valence-electron chi connectivity index (χ0n) is 13.6. The number of carbonyl (C=O) groups excluding carboxylic acids is 1. The summed E-state index contributed by atoms with van der Waals surface area (Å²) in [5.41, 5.74) is 0.648. The molecule has 1 atom stereocenters. The highest BCUT2D eigenvalue weighted by molar-refractivity contribution is 9.10. The lowest BCUT2D eigenvalue weighted by Gasteiger charge is -2.13. The van der Waals surface area contributed by atoms with Gasteiger partial charge in [0.25, 0.3) is 5.56 Å². The van der Waals surface area contributed by atoms with Crippen LogP contribution in [0.25, 0.3) is 10.9 Å². The van der Waals surface area contributed by atoms with Crippen LogP contribution in [-0.2, 0) is 4.74 Å². The molecule has 0 amide bonds. The molecule has 6 nitrogen and oxygen atoms in total. The average molecular weight is 403 g/mol. The summed E-state index contributed by atoms with van der Waals surface area (Å²) < 4.78 is 11.2. The molecule has 0 bridgehead atoms. The smallest absolute Gasteiger partial charge is 0.338 e. The summed E-state index contributed by atoms with van der Waals surface area (Å²) in [5.74, 6) is 0.390. The van der Waals surface area contributed by atoms with Gasteiger partial charge in [-0.15, -0.1) is 0 Å². The lowest BCUT2D eigenvalue weighted by molar-refractivity contribution is 0.0320. The Morgan fingerprint density at radius 1 is 1.24 bits per heavy atom. The third-order valence-corrected chi connectivity index (χ3v) is 4.31. The van der Waals surface area contributed by atoms with E-state index in [0.717, 1.165) is 0 Å². The molecule has 3 rings (SSSR count). The third-order valence-electron chi connectivity index (χ3n) is 3.69. The zero-order valence-corrected chi connectivity index (χ0v) is 15.2. The number of ether oxygens (including phenoxy) is 2. The van der Waals surface area contributed by atoms with Gasteiger partial charge in [-0.3, -0.25) is 4.79 Å². The fourth-order valence-electron chi connectivity index (χ4n) is 2.37. The summed E-state index contributed by atoms with van der Waals surface area (Å²) in [6, 6.07) is 11.9. The summed E-state index contributed by atoms with van der Waals surface area (Å²) >= 11 is 3.33. The quantitative estimate of drug-likeness (QED) is 0.674. The number of H-pyrrole nitrogens is 1. The maximum atomic E-state index is 12.3. The molecule has 0 saturated carbocycles. The summed E-state index contributed by atoms with van der Waals surface area (Å²) in [6.45, 7) is 1.66. The van der Waals surface area contributed by atoms with E-state index in [2.05, 4.69) is 25.9 Å². The van der Waals surface area contributed by atoms with Crippen LogP contribution in [0.1, 0.15) is 29.2 Å². The molecule has 0 spiro atoms. The predicted octanol–water partition coefficient (Wildman–Crippen LogP) is 3.61. The maximum Gasteiger partial charge on any atom is 0.338 e. The van der Waals surface area contributed by atoms with Crippen LogP contribution in [0.15, 0.2) is 51.7 Å². The van der Waals surface area contributed by atoms with Gasteiger partial charge >= 0.3 is 5.97 Å². The van der Waals surface area contributed by atoms with E-state index in [-0.39, 0.29) is 5.56 Å². The van der Waals surface area contributed by atoms with Crippen molar-refractivity contribution in [3.8, 4) is 5.75 Å². The summed E-state index contributed by atoms with van der Waals surface area (Å²) in [4.78, 5) is 31.5. The molecule has 0 aliphatic carbocycles. The SMILES string of the molecule is COc1ccc(C(=O)O[C@@H](C)c2nc3ccccc3c(=O)[nH]2)cc1Br. The van der Waals surface area contributed by atoms with E-state index in [1.165, 1.54) is 0 Å². The fourth-order valence-corrected chi connectivity index (χ4v) is 2.92. The number of nitrogens with one attached hydrogen (secondary N) is 1. The highest BCUT2D eigenvalue weighted by atomic mass is 79.9. The minimum atomic E-state index is -0.703. The van der Waals surface area contributed by atoms with E-state index in [0.29, 0.717) is 32.5 Å². The van der Waals surface area contributed by atoms with Crippen molar-refractivity contribution >= 4 is 32.8 Å². The first-order valence-electron chi connectivity index (χ1n) is 7.53. The molecule has 0 radical (unpaired) electrons. The van der Waals surface area contributed by atoms with Crippen LogP contribution in [0.3, 0.4) is 0 Å². The molecule has 2 aromatic carbocycles. The molecule has 1 heterocycles. The number of rotatable bonds is 4. The number of aromatic nitrogens is 2. The minimum absolute atomic E-state index is 0.268. The standard InChI is InChI=1S/C18H15BrN2O4/c1-10(16-20-14-6-4-3-5-12(14)17(22)21-16)25-18(23)11-7-8-15(24-2)13(19)9-11/h3-10H,1-2H3,(H,20,21,22)/t10-/m0/s1. The highest BCUT2D eigenvalue weighted by Gasteiger charge is 2.17. The van der Waals surface area contributed by atoms with Gasteiger partial charge in [-0.05, 0) is 53.2 Å². The monoisotopic (exact) mass is 402 g/mol.